The average Bonchev–Trinajstić information content (AvgIpc) is 2.88. The van der Waals surface area contributed by atoms with E-state index in [1.807, 2.05) is 0 Å². The van der Waals surface area contributed by atoms with Gasteiger partial charge in [-0.1, -0.05) is 0 Å². The molecule has 0 aromatic carbocycles. The molecule has 2 aliphatic heterocycles. The van der Waals surface area contributed by atoms with Crippen molar-refractivity contribution in [2.45, 2.75) is 49.2 Å². The summed E-state index contributed by atoms with van der Waals surface area (Å²) in [7, 11) is 1.33. The molecule has 8 atom stereocenters. The van der Waals surface area contributed by atoms with Crippen molar-refractivity contribution in [3.63, 3.8) is 0 Å². The summed E-state index contributed by atoms with van der Waals surface area (Å²) >= 11 is 0. The molecule has 2 rings (SSSR count). The number of aliphatic hydroxyl groups excluding tert-OH is 5. The Labute approximate surface area is 115 Å². The smallest absolute Gasteiger partial charge is 0.186 e. The van der Waals surface area contributed by atoms with E-state index in [2.05, 4.69) is 0 Å². The quantitative estimate of drug-likeness (QED) is 0.350. The fourth-order valence-electron chi connectivity index (χ4n) is 2.24. The van der Waals surface area contributed by atoms with Gasteiger partial charge in [0.15, 0.2) is 12.6 Å². The average molecular weight is 296 g/mol. The fourth-order valence-corrected chi connectivity index (χ4v) is 2.24. The molecule has 0 aromatic heterocycles. The van der Waals surface area contributed by atoms with Gasteiger partial charge in [-0.3, -0.25) is 0 Å². The largest absolute Gasteiger partial charge is 0.394 e. The van der Waals surface area contributed by atoms with Crippen LogP contribution in [0.15, 0.2) is 0 Å². The number of methoxy groups -OCH3 is 1. The van der Waals surface area contributed by atoms with Crippen molar-refractivity contribution >= 4 is 0 Å². The summed E-state index contributed by atoms with van der Waals surface area (Å²) in [6.07, 6.45) is -8.83. The Morgan fingerprint density at radius 2 is 1.40 bits per heavy atom. The normalized spacial score (nSPS) is 48.9. The Kier molecular flexibility index (Phi) is 5.29. The van der Waals surface area contributed by atoms with Gasteiger partial charge in [0.1, 0.15) is 36.6 Å². The van der Waals surface area contributed by atoms with E-state index in [9.17, 15) is 20.4 Å². The van der Waals surface area contributed by atoms with E-state index in [1.54, 1.807) is 0 Å². The molecule has 20 heavy (non-hydrogen) atoms. The molecule has 0 bridgehead atoms. The highest BCUT2D eigenvalue weighted by molar-refractivity contribution is 4.89. The van der Waals surface area contributed by atoms with Crippen molar-refractivity contribution in [3.8, 4) is 0 Å². The summed E-state index contributed by atoms with van der Waals surface area (Å²) in [6.45, 7) is -0.629. The van der Waals surface area contributed by atoms with E-state index in [0.717, 1.165) is 0 Å². The second-order valence-electron chi connectivity index (χ2n) is 4.80. The van der Waals surface area contributed by atoms with Gasteiger partial charge in [0.25, 0.3) is 0 Å². The fraction of sp³-hybridized carbons (Fsp3) is 1.00. The molecule has 9 nitrogen and oxygen atoms in total. The number of hydrogen-bond acceptors (Lipinski definition) is 9. The standard InChI is InChI=1S/C11H20O9/c1-17-10-8(15)7(14)5(20-10)3-18-11-9(16)6(13)4(2-12)19-11/h4-16H,2-3H2,1H3/t4-,5-,6-,7-,8-,9-,10-,11+/m1/s1. The zero-order valence-corrected chi connectivity index (χ0v) is 10.9. The van der Waals surface area contributed by atoms with Crippen LogP contribution >= 0.6 is 0 Å². The van der Waals surface area contributed by atoms with Gasteiger partial charge in [-0.05, 0) is 0 Å². The van der Waals surface area contributed by atoms with Crippen LogP contribution in [0.3, 0.4) is 0 Å². The third kappa shape index (κ3) is 2.96. The van der Waals surface area contributed by atoms with Crippen molar-refractivity contribution in [1.29, 1.82) is 0 Å². The molecule has 9 heteroatoms. The Hall–Kier alpha value is -0.360. The molecule has 2 heterocycles. The van der Waals surface area contributed by atoms with Gasteiger partial charge >= 0.3 is 0 Å². The van der Waals surface area contributed by atoms with Crippen LogP contribution in [0, 0.1) is 0 Å². The summed E-state index contributed by atoms with van der Waals surface area (Å²) in [5.74, 6) is 0. The summed E-state index contributed by atoms with van der Waals surface area (Å²) in [4.78, 5) is 0. The van der Waals surface area contributed by atoms with Crippen molar-refractivity contribution < 1.29 is 44.5 Å². The first kappa shape index (κ1) is 16.0. The molecule has 0 aliphatic carbocycles. The molecule has 0 saturated carbocycles. The maximum absolute atomic E-state index is 9.72. The lowest BCUT2D eigenvalue weighted by atomic mass is 10.1. The molecule has 0 radical (unpaired) electrons. The number of aliphatic hydroxyl groups is 5. The summed E-state index contributed by atoms with van der Waals surface area (Å²) in [5, 5.41) is 47.4. The van der Waals surface area contributed by atoms with E-state index in [0.29, 0.717) is 0 Å². The molecule has 0 amide bonds. The maximum Gasteiger partial charge on any atom is 0.186 e. The van der Waals surface area contributed by atoms with Crippen LogP contribution in [0.5, 0.6) is 0 Å². The first-order valence-corrected chi connectivity index (χ1v) is 6.28. The Morgan fingerprint density at radius 1 is 0.850 bits per heavy atom. The van der Waals surface area contributed by atoms with Crippen molar-refractivity contribution in [3.05, 3.63) is 0 Å². The van der Waals surface area contributed by atoms with Gasteiger partial charge in [0.05, 0.1) is 13.2 Å². The van der Waals surface area contributed by atoms with E-state index < -0.39 is 55.8 Å². The lowest BCUT2D eigenvalue weighted by Crippen LogP contribution is -2.38. The molecule has 2 aliphatic rings. The van der Waals surface area contributed by atoms with Gasteiger partial charge < -0.3 is 44.5 Å². The van der Waals surface area contributed by atoms with Gasteiger partial charge in [-0.25, -0.2) is 0 Å². The van der Waals surface area contributed by atoms with Crippen LogP contribution < -0.4 is 0 Å². The Morgan fingerprint density at radius 3 is 1.90 bits per heavy atom. The van der Waals surface area contributed by atoms with Crippen molar-refractivity contribution in [1.82, 2.24) is 0 Å². The molecule has 2 fully saturated rings. The van der Waals surface area contributed by atoms with E-state index in [4.69, 9.17) is 24.1 Å². The predicted molar refractivity (Wildman–Crippen MR) is 61.4 cm³/mol. The van der Waals surface area contributed by atoms with Gasteiger partial charge in [-0.15, -0.1) is 0 Å². The van der Waals surface area contributed by atoms with Gasteiger partial charge in [0, 0.05) is 7.11 Å². The minimum atomic E-state index is -1.31. The molecule has 0 unspecified atom stereocenters. The Balaban J connectivity index is 1.84. The molecular weight excluding hydrogens is 276 g/mol. The minimum Gasteiger partial charge on any atom is -0.394 e. The summed E-state index contributed by atoms with van der Waals surface area (Å²) in [5.41, 5.74) is 0. The maximum atomic E-state index is 9.72. The highest BCUT2D eigenvalue weighted by Crippen LogP contribution is 2.25. The summed E-state index contributed by atoms with van der Waals surface area (Å²) < 4.78 is 20.4. The molecule has 0 spiro atoms. The lowest BCUT2D eigenvalue weighted by molar-refractivity contribution is -0.201. The predicted octanol–water partition coefficient (Wildman–Crippen LogP) is -3.46. The van der Waals surface area contributed by atoms with Crippen LogP contribution in [0.4, 0.5) is 0 Å². The van der Waals surface area contributed by atoms with Crippen LogP contribution in [-0.2, 0) is 18.9 Å². The van der Waals surface area contributed by atoms with Gasteiger partial charge in [-0.2, -0.15) is 0 Å². The molecular formula is C11H20O9. The zero-order valence-electron chi connectivity index (χ0n) is 10.9. The second-order valence-corrected chi connectivity index (χ2v) is 4.80. The molecule has 2 saturated heterocycles. The summed E-state index contributed by atoms with van der Waals surface area (Å²) in [6, 6.07) is 0. The lowest BCUT2D eigenvalue weighted by Gasteiger charge is -2.19. The van der Waals surface area contributed by atoms with Crippen LogP contribution in [0.25, 0.3) is 0 Å². The number of rotatable bonds is 5. The van der Waals surface area contributed by atoms with Crippen molar-refractivity contribution in [2.24, 2.45) is 0 Å². The Bertz CT molecular complexity index is 284. The molecule has 118 valence electrons. The second kappa shape index (κ2) is 6.60. The monoisotopic (exact) mass is 296 g/mol. The third-order valence-electron chi connectivity index (χ3n) is 3.47. The zero-order chi connectivity index (χ0) is 14.9. The SMILES string of the molecule is CO[C@@H]1O[C@H](CO[C@H]2O[C@H](CO)[C@@H](O)[C@H]2O)[C@@H](O)[C@H]1O. The van der Waals surface area contributed by atoms with E-state index >= 15 is 0 Å². The van der Waals surface area contributed by atoms with Crippen LogP contribution in [0.1, 0.15) is 0 Å². The topological polar surface area (TPSA) is 138 Å². The first-order valence-electron chi connectivity index (χ1n) is 6.28. The first-order chi connectivity index (χ1) is 9.49. The minimum absolute atomic E-state index is 0.176. The highest BCUT2D eigenvalue weighted by Gasteiger charge is 2.46. The van der Waals surface area contributed by atoms with E-state index in [1.165, 1.54) is 7.11 Å². The van der Waals surface area contributed by atoms with E-state index in [-0.39, 0.29) is 6.61 Å². The van der Waals surface area contributed by atoms with Crippen LogP contribution in [0.2, 0.25) is 0 Å². The highest BCUT2D eigenvalue weighted by atomic mass is 16.7. The van der Waals surface area contributed by atoms with Gasteiger partial charge in [0.2, 0.25) is 0 Å². The number of ether oxygens (including phenoxy) is 4. The number of hydrogen-bond donors (Lipinski definition) is 5. The third-order valence-corrected chi connectivity index (χ3v) is 3.47. The van der Waals surface area contributed by atoms with Crippen molar-refractivity contribution in [2.75, 3.05) is 20.3 Å². The van der Waals surface area contributed by atoms with Crippen LogP contribution in [-0.4, -0.2) is 95.1 Å². The molecule has 5 N–H and O–H groups in total. The molecule has 0 aromatic rings.